The summed E-state index contributed by atoms with van der Waals surface area (Å²) in [6.45, 7) is 1.68. The van der Waals surface area contributed by atoms with Crippen LogP contribution in [-0.2, 0) is 6.54 Å². The third kappa shape index (κ3) is 4.77. The van der Waals surface area contributed by atoms with Crippen molar-refractivity contribution in [3.63, 3.8) is 0 Å². The van der Waals surface area contributed by atoms with Crippen molar-refractivity contribution in [3.05, 3.63) is 22.5 Å². The van der Waals surface area contributed by atoms with Gasteiger partial charge < -0.3 is 10.4 Å². The van der Waals surface area contributed by atoms with E-state index >= 15 is 0 Å². The van der Waals surface area contributed by atoms with Crippen molar-refractivity contribution in [2.24, 2.45) is 5.92 Å². The van der Waals surface area contributed by atoms with Gasteiger partial charge in [0.25, 0.3) is 0 Å². The molecule has 2 N–H and O–H groups in total. The van der Waals surface area contributed by atoms with Crippen LogP contribution >= 0.6 is 11.8 Å². The van der Waals surface area contributed by atoms with Crippen LogP contribution in [0, 0.1) is 16.0 Å². The van der Waals surface area contributed by atoms with Gasteiger partial charge in [0.15, 0.2) is 0 Å². The molecule has 1 saturated heterocycles. The van der Waals surface area contributed by atoms with Crippen LogP contribution in [0.5, 0.6) is 0 Å². The van der Waals surface area contributed by atoms with Gasteiger partial charge in [-0.05, 0) is 36.8 Å². The highest BCUT2D eigenvalue weighted by Gasteiger charge is 2.15. The van der Waals surface area contributed by atoms with Gasteiger partial charge in [-0.1, -0.05) is 0 Å². The molecule has 1 aromatic rings. The molecule has 0 amide bonds. The number of thioether (sulfide) groups is 1. The molecule has 0 spiro atoms. The highest BCUT2D eigenvalue weighted by molar-refractivity contribution is 7.99. The summed E-state index contributed by atoms with van der Waals surface area (Å²) < 4.78 is 1.40. The van der Waals surface area contributed by atoms with E-state index in [9.17, 15) is 15.2 Å². The number of aromatic nitrogens is 2. The topological polar surface area (TPSA) is 93.2 Å². The second kappa shape index (κ2) is 7.61. The van der Waals surface area contributed by atoms with Crippen molar-refractivity contribution in [1.82, 2.24) is 15.1 Å². The van der Waals surface area contributed by atoms with Crippen molar-refractivity contribution in [2.45, 2.75) is 25.5 Å². The lowest BCUT2D eigenvalue weighted by Gasteiger charge is -2.22. The van der Waals surface area contributed by atoms with Gasteiger partial charge in [0.1, 0.15) is 12.4 Å². The van der Waals surface area contributed by atoms with E-state index in [-0.39, 0.29) is 12.2 Å². The molecule has 0 saturated carbocycles. The first-order valence-electron chi connectivity index (χ1n) is 6.78. The third-order valence-corrected chi connectivity index (χ3v) is 4.43. The normalized spacial score (nSPS) is 18.1. The van der Waals surface area contributed by atoms with Crippen LogP contribution in [0.2, 0.25) is 0 Å². The van der Waals surface area contributed by atoms with Gasteiger partial charge in [-0.25, -0.2) is 0 Å². The second-order valence-electron chi connectivity index (χ2n) is 5.05. The molecule has 2 rings (SSSR count). The maximum Gasteiger partial charge on any atom is 0.306 e. The predicted molar refractivity (Wildman–Crippen MR) is 77.8 cm³/mol. The molecule has 1 aromatic heterocycles. The first-order valence-corrected chi connectivity index (χ1v) is 7.94. The maximum atomic E-state index is 10.5. The standard InChI is InChI=1S/C12H20N4O3S/c17-12(7-13-5-10-1-3-20-4-2-10)9-15-8-11(6-14-15)16(18)19/h6,8,10,12-13,17H,1-5,7,9H2. The summed E-state index contributed by atoms with van der Waals surface area (Å²) in [5.74, 6) is 3.16. The van der Waals surface area contributed by atoms with Crippen LogP contribution in [0.15, 0.2) is 12.4 Å². The number of aliphatic hydroxyl groups is 1. The van der Waals surface area contributed by atoms with Gasteiger partial charge in [-0.15, -0.1) is 0 Å². The Morgan fingerprint density at radius 3 is 3.00 bits per heavy atom. The molecule has 0 bridgehead atoms. The molecule has 0 aromatic carbocycles. The molecule has 112 valence electrons. The lowest BCUT2D eigenvalue weighted by Crippen LogP contribution is -2.34. The molecule has 2 heterocycles. The second-order valence-corrected chi connectivity index (χ2v) is 6.27. The molecule has 7 nitrogen and oxygen atoms in total. The Hall–Kier alpha value is -1.12. The number of nitrogens with one attached hydrogen (secondary N) is 1. The molecule has 1 atom stereocenters. The lowest BCUT2D eigenvalue weighted by atomic mass is 10.0. The van der Waals surface area contributed by atoms with Gasteiger partial charge in [-0.2, -0.15) is 16.9 Å². The van der Waals surface area contributed by atoms with Gasteiger partial charge in [0.2, 0.25) is 0 Å². The number of hydrogen-bond donors (Lipinski definition) is 2. The fourth-order valence-corrected chi connectivity index (χ4v) is 3.44. The average Bonchev–Trinajstić information content (AvgIpc) is 2.88. The number of rotatable bonds is 7. The molecule has 0 radical (unpaired) electrons. The van der Waals surface area contributed by atoms with Crippen LogP contribution in [-0.4, -0.2) is 50.5 Å². The van der Waals surface area contributed by atoms with Crippen molar-refractivity contribution in [2.75, 3.05) is 24.6 Å². The van der Waals surface area contributed by atoms with Crippen LogP contribution in [0.1, 0.15) is 12.8 Å². The minimum absolute atomic E-state index is 0.0511. The Morgan fingerprint density at radius 2 is 2.35 bits per heavy atom. The number of aliphatic hydroxyl groups excluding tert-OH is 1. The van der Waals surface area contributed by atoms with Gasteiger partial charge in [-0.3, -0.25) is 14.8 Å². The zero-order valence-corrected chi connectivity index (χ0v) is 12.1. The van der Waals surface area contributed by atoms with Crippen LogP contribution in [0.4, 0.5) is 5.69 Å². The smallest absolute Gasteiger partial charge is 0.306 e. The van der Waals surface area contributed by atoms with E-state index in [1.54, 1.807) is 0 Å². The highest BCUT2D eigenvalue weighted by atomic mass is 32.2. The summed E-state index contributed by atoms with van der Waals surface area (Å²) in [6, 6.07) is 0. The first-order chi connectivity index (χ1) is 9.65. The van der Waals surface area contributed by atoms with Crippen LogP contribution in [0.25, 0.3) is 0 Å². The van der Waals surface area contributed by atoms with E-state index in [4.69, 9.17) is 0 Å². The SMILES string of the molecule is O=[N+]([O-])c1cnn(CC(O)CNCC2CCSCC2)c1. The Morgan fingerprint density at radius 1 is 1.60 bits per heavy atom. The van der Waals surface area contributed by atoms with Crippen molar-refractivity contribution in [3.8, 4) is 0 Å². The molecule has 1 unspecified atom stereocenters. The fraction of sp³-hybridized carbons (Fsp3) is 0.750. The Bertz CT molecular complexity index is 434. The molecule has 20 heavy (non-hydrogen) atoms. The van der Waals surface area contributed by atoms with Gasteiger partial charge in [0, 0.05) is 6.54 Å². The highest BCUT2D eigenvalue weighted by Crippen LogP contribution is 2.21. The minimum atomic E-state index is -0.590. The van der Waals surface area contributed by atoms with E-state index in [0.717, 1.165) is 6.54 Å². The molecular formula is C12H20N4O3S. The fourth-order valence-electron chi connectivity index (χ4n) is 2.23. The summed E-state index contributed by atoms with van der Waals surface area (Å²) in [7, 11) is 0. The van der Waals surface area contributed by atoms with Crippen LogP contribution in [0.3, 0.4) is 0 Å². The Kier molecular flexibility index (Phi) is 5.81. The Labute approximate surface area is 121 Å². The zero-order chi connectivity index (χ0) is 14.4. The minimum Gasteiger partial charge on any atom is -0.390 e. The van der Waals surface area contributed by atoms with E-state index in [2.05, 4.69) is 10.4 Å². The number of nitro groups is 1. The number of nitrogens with zero attached hydrogens (tertiary/aromatic N) is 3. The zero-order valence-electron chi connectivity index (χ0n) is 11.3. The third-order valence-electron chi connectivity index (χ3n) is 3.38. The lowest BCUT2D eigenvalue weighted by molar-refractivity contribution is -0.385. The maximum absolute atomic E-state index is 10.5. The quantitative estimate of drug-likeness (QED) is 0.574. The predicted octanol–water partition coefficient (Wildman–Crippen LogP) is 0.885. The summed E-state index contributed by atoms with van der Waals surface area (Å²) in [6.07, 6.45) is 4.41. The molecule has 1 aliphatic heterocycles. The summed E-state index contributed by atoms with van der Waals surface area (Å²) in [4.78, 5) is 10.0. The Balaban J connectivity index is 1.66. The van der Waals surface area contributed by atoms with Gasteiger partial charge in [0.05, 0.1) is 17.6 Å². The molecular weight excluding hydrogens is 280 g/mol. The van der Waals surface area contributed by atoms with Crippen molar-refractivity contribution < 1.29 is 10.0 Å². The van der Waals surface area contributed by atoms with E-state index in [0.29, 0.717) is 12.5 Å². The largest absolute Gasteiger partial charge is 0.390 e. The van der Waals surface area contributed by atoms with Gasteiger partial charge >= 0.3 is 5.69 Å². The van der Waals surface area contributed by atoms with Crippen molar-refractivity contribution in [1.29, 1.82) is 0 Å². The summed E-state index contributed by atoms with van der Waals surface area (Å²) in [5, 5.41) is 27.5. The monoisotopic (exact) mass is 300 g/mol. The van der Waals surface area contributed by atoms with E-state index in [1.807, 2.05) is 11.8 Å². The average molecular weight is 300 g/mol. The van der Waals surface area contributed by atoms with E-state index in [1.165, 1.54) is 41.4 Å². The van der Waals surface area contributed by atoms with Crippen LogP contribution < -0.4 is 5.32 Å². The van der Waals surface area contributed by atoms with E-state index < -0.39 is 11.0 Å². The molecule has 1 fully saturated rings. The molecule has 1 aliphatic rings. The summed E-state index contributed by atoms with van der Waals surface area (Å²) >= 11 is 2.00. The number of hydrogen-bond acceptors (Lipinski definition) is 6. The molecule has 8 heteroatoms. The van der Waals surface area contributed by atoms with Crippen molar-refractivity contribution >= 4 is 17.4 Å². The first kappa shape index (κ1) is 15.3. The molecule has 0 aliphatic carbocycles. The summed E-state index contributed by atoms with van der Waals surface area (Å²) in [5.41, 5.74) is -0.0511.